The van der Waals surface area contributed by atoms with E-state index in [0.717, 1.165) is 46.6 Å². The summed E-state index contributed by atoms with van der Waals surface area (Å²) in [7, 11) is 0. The minimum Gasteiger partial charge on any atom is -0.342 e. The molecule has 0 unspecified atom stereocenters. The molecule has 0 spiro atoms. The Kier molecular flexibility index (Phi) is 5.29. The number of H-pyrrole nitrogens is 1. The fraction of sp³-hybridized carbons (Fsp3) is 0.300. The highest BCUT2D eigenvalue weighted by Crippen LogP contribution is 2.21. The highest BCUT2D eigenvalue weighted by Gasteiger charge is 2.19. The Morgan fingerprint density at radius 3 is 2.89 bits per heavy atom. The van der Waals surface area contributed by atoms with E-state index in [1.807, 2.05) is 48.0 Å². The SMILES string of the molecule is CCn1nnc2cc(C(=O)N[C@@H](CCSC)c3nc4ccccc4[nH]3)ccc21. The van der Waals surface area contributed by atoms with E-state index in [2.05, 4.69) is 31.9 Å². The van der Waals surface area contributed by atoms with Gasteiger partial charge in [-0.15, -0.1) is 5.10 Å². The number of benzene rings is 2. The Hall–Kier alpha value is -2.87. The number of fused-ring (bicyclic) bond motifs is 2. The summed E-state index contributed by atoms with van der Waals surface area (Å²) in [6.07, 6.45) is 2.85. The molecule has 2 N–H and O–H groups in total. The number of carbonyl (C=O) groups is 1. The molecule has 1 amide bonds. The number of aromatic amines is 1. The van der Waals surface area contributed by atoms with Gasteiger partial charge in [0.2, 0.25) is 0 Å². The van der Waals surface area contributed by atoms with Gasteiger partial charge in [-0.3, -0.25) is 4.79 Å². The number of hydrogen-bond donors (Lipinski definition) is 2. The van der Waals surface area contributed by atoms with Crippen LogP contribution >= 0.6 is 11.8 Å². The van der Waals surface area contributed by atoms with E-state index in [4.69, 9.17) is 0 Å². The maximum absolute atomic E-state index is 12.9. The van der Waals surface area contributed by atoms with Crippen molar-refractivity contribution in [2.24, 2.45) is 0 Å². The van der Waals surface area contributed by atoms with Crippen molar-refractivity contribution < 1.29 is 4.79 Å². The van der Waals surface area contributed by atoms with Gasteiger partial charge in [-0.05, 0) is 55.7 Å². The number of nitrogens with one attached hydrogen (secondary N) is 2. The molecular weight excluding hydrogens is 372 g/mol. The van der Waals surface area contributed by atoms with Gasteiger partial charge < -0.3 is 10.3 Å². The lowest BCUT2D eigenvalue weighted by atomic mass is 10.1. The van der Waals surface area contributed by atoms with Crippen LogP contribution in [0.2, 0.25) is 0 Å². The van der Waals surface area contributed by atoms with Gasteiger partial charge in [0.05, 0.1) is 22.6 Å². The molecular formula is C20H22N6OS. The summed E-state index contributed by atoms with van der Waals surface area (Å²) < 4.78 is 1.81. The Balaban J connectivity index is 1.59. The number of imidazole rings is 1. The summed E-state index contributed by atoms with van der Waals surface area (Å²) in [5.74, 6) is 1.56. The second kappa shape index (κ2) is 8.02. The van der Waals surface area contributed by atoms with Crippen LogP contribution in [0, 0.1) is 0 Å². The molecule has 7 nitrogen and oxygen atoms in total. The van der Waals surface area contributed by atoms with Crippen molar-refractivity contribution in [3.05, 3.63) is 53.9 Å². The third kappa shape index (κ3) is 3.60. The zero-order valence-corrected chi connectivity index (χ0v) is 16.7. The lowest BCUT2D eigenvalue weighted by Gasteiger charge is -2.16. The van der Waals surface area contributed by atoms with Crippen molar-refractivity contribution in [1.29, 1.82) is 0 Å². The monoisotopic (exact) mass is 394 g/mol. The van der Waals surface area contributed by atoms with Crippen LogP contribution in [0.4, 0.5) is 0 Å². The van der Waals surface area contributed by atoms with Gasteiger partial charge in [0.15, 0.2) is 0 Å². The van der Waals surface area contributed by atoms with Gasteiger partial charge in [-0.25, -0.2) is 9.67 Å². The molecule has 0 aliphatic carbocycles. The molecule has 8 heteroatoms. The Bertz CT molecular complexity index is 1090. The van der Waals surface area contributed by atoms with Crippen molar-refractivity contribution in [3.8, 4) is 0 Å². The highest BCUT2D eigenvalue weighted by molar-refractivity contribution is 7.98. The van der Waals surface area contributed by atoms with Crippen molar-refractivity contribution in [2.75, 3.05) is 12.0 Å². The first-order chi connectivity index (χ1) is 13.7. The molecule has 0 aliphatic heterocycles. The maximum Gasteiger partial charge on any atom is 0.251 e. The first-order valence-corrected chi connectivity index (χ1v) is 10.7. The number of carbonyl (C=O) groups excluding carboxylic acids is 1. The van der Waals surface area contributed by atoms with E-state index in [0.29, 0.717) is 5.56 Å². The van der Waals surface area contributed by atoms with E-state index >= 15 is 0 Å². The minimum atomic E-state index is -0.186. The van der Waals surface area contributed by atoms with Crippen LogP contribution in [0.25, 0.3) is 22.1 Å². The zero-order valence-electron chi connectivity index (χ0n) is 15.8. The maximum atomic E-state index is 12.9. The fourth-order valence-electron chi connectivity index (χ4n) is 3.24. The molecule has 0 saturated carbocycles. The number of aryl methyl sites for hydroxylation is 1. The van der Waals surface area contributed by atoms with Gasteiger partial charge >= 0.3 is 0 Å². The van der Waals surface area contributed by atoms with Crippen LogP contribution in [0.3, 0.4) is 0 Å². The second-order valence-corrected chi connectivity index (χ2v) is 7.54. The van der Waals surface area contributed by atoms with E-state index in [1.54, 1.807) is 17.8 Å². The zero-order chi connectivity index (χ0) is 19.5. The molecule has 0 saturated heterocycles. The number of aromatic nitrogens is 5. The van der Waals surface area contributed by atoms with Crippen LogP contribution in [-0.4, -0.2) is 42.9 Å². The van der Waals surface area contributed by atoms with Crippen LogP contribution in [0.5, 0.6) is 0 Å². The molecule has 0 radical (unpaired) electrons. The third-order valence-electron chi connectivity index (χ3n) is 4.73. The molecule has 0 bridgehead atoms. The summed E-state index contributed by atoms with van der Waals surface area (Å²) >= 11 is 1.75. The fourth-order valence-corrected chi connectivity index (χ4v) is 3.71. The van der Waals surface area contributed by atoms with Gasteiger partial charge in [-0.1, -0.05) is 17.3 Å². The Morgan fingerprint density at radius 2 is 2.11 bits per heavy atom. The van der Waals surface area contributed by atoms with Crippen LogP contribution in [0.15, 0.2) is 42.5 Å². The van der Waals surface area contributed by atoms with Gasteiger partial charge in [0.1, 0.15) is 11.3 Å². The predicted molar refractivity (Wildman–Crippen MR) is 113 cm³/mol. The average molecular weight is 395 g/mol. The minimum absolute atomic E-state index is 0.139. The lowest BCUT2D eigenvalue weighted by molar-refractivity contribution is 0.0934. The number of hydrogen-bond acceptors (Lipinski definition) is 5. The Morgan fingerprint density at radius 1 is 1.25 bits per heavy atom. The number of amides is 1. The molecule has 1 atom stereocenters. The summed E-state index contributed by atoms with van der Waals surface area (Å²) in [6, 6.07) is 13.2. The summed E-state index contributed by atoms with van der Waals surface area (Å²) in [4.78, 5) is 20.9. The van der Waals surface area contributed by atoms with Crippen molar-refractivity contribution >= 4 is 39.7 Å². The van der Waals surface area contributed by atoms with Crippen molar-refractivity contribution in [1.82, 2.24) is 30.3 Å². The average Bonchev–Trinajstić information content (AvgIpc) is 3.34. The molecule has 144 valence electrons. The lowest BCUT2D eigenvalue weighted by Crippen LogP contribution is -2.29. The van der Waals surface area contributed by atoms with E-state index in [1.165, 1.54) is 0 Å². The number of nitrogens with zero attached hydrogens (tertiary/aromatic N) is 4. The quantitative estimate of drug-likeness (QED) is 0.500. The molecule has 2 heterocycles. The largest absolute Gasteiger partial charge is 0.342 e. The van der Waals surface area contributed by atoms with Gasteiger partial charge in [0.25, 0.3) is 5.91 Å². The molecule has 2 aromatic carbocycles. The van der Waals surface area contributed by atoms with Crippen molar-refractivity contribution in [2.45, 2.75) is 25.9 Å². The number of thioether (sulfide) groups is 1. The topological polar surface area (TPSA) is 88.5 Å². The van der Waals surface area contributed by atoms with Gasteiger partial charge in [0, 0.05) is 12.1 Å². The third-order valence-corrected chi connectivity index (χ3v) is 5.37. The van der Waals surface area contributed by atoms with Crippen LogP contribution in [0.1, 0.15) is 35.6 Å². The van der Waals surface area contributed by atoms with E-state index in [9.17, 15) is 4.79 Å². The van der Waals surface area contributed by atoms with Gasteiger partial charge in [-0.2, -0.15) is 11.8 Å². The molecule has 0 fully saturated rings. The molecule has 0 aliphatic rings. The second-order valence-electron chi connectivity index (χ2n) is 6.56. The normalized spacial score (nSPS) is 12.5. The number of para-hydroxylation sites is 2. The Labute approximate surface area is 166 Å². The standard InChI is InChI=1S/C20H22N6OS/c1-3-26-18-9-8-13(12-17(18)24-25-26)20(27)23-16(10-11-28-2)19-21-14-6-4-5-7-15(14)22-19/h4-9,12,16H,3,10-11H2,1-2H3,(H,21,22)(H,23,27)/t16-/m0/s1. The molecule has 2 aromatic heterocycles. The summed E-state index contributed by atoms with van der Waals surface area (Å²) in [6.45, 7) is 2.75. The summed E-state index contributed by atoms with van der Waals surface area (Å²) in [5, 5.41) is 11.4. The first kappa shape index (κ1) is 18.5. The number of rotatable bonds is 7. The predicted octanol–water partition coefficient (Wildman–Crippen LogP) is 3.55. The first-order valence-electron chi connectivity index (χ1n) is 9.27. The molecule has 4 aromatic rings. The summed E-state index contributed by atoms with van der Waals surface area (Å²) in [5.41, 5.74) is 4.09. The molecule has 28 heavy (non-hydrogen) atoms. The van der Waals surface area contributed by atoms with E-state index < -0.39 is 0 Å². The molecule has 4 rings (SSSR count). The van der Waals surface area contributed by atoms with E-state index in [-0.39, 0.29) is 11.9 Å². The van der Waals surface area contributed by atoms with Crippen LogP contribution in [-0.2, 0) is 6.54 Å². The van der Waals surface area contributed by atoms with Crippen molar-refractivity contribution in [3.63, 3.8) is 0 Å². The highest BCUT2D eigenvalue weighted by atomic mass is 32.2. The van der Waals surface area contributed by atoms with Crippen LogP contribution < -0.4 is 5.32 Å². The smallest absolute Gasteiger partial charge is 0.251 e.